The third-order valence-corrected chi connectivity index (χ3v) is 3.11. The summed E-state index contributed by atoms with van der Waals surface area (Å²) in [5.74, 6) is 0.694. The fourth-order valence-corrected chi connectivity index (χ4v) is 2.20. The molecular formula is C7H13NO2S. The minimum absolute atomic E-state index is 0.0880. The topological polar surface area (TPSA) is 38.3 Å². The van der Waals surface area contributed by atoms with Gasteiger partial charge >= 0.3 is 5.97 Å². The second kappa shape index (κ2) is 3.97. The van der Waals surface area contributed by atoms with Crippen LogP contribution in [0, 0.1) is 0 Å². The minimum atomic E-state index is -0.145. The molecule has 1 rings (SSSR count). The van der Waals surface area contributed by atoms with Gasteiger partial charge in [0, 0.05) is 5.75 Å². The van der Waals surface area contributed by atoms with E-state index in [2.05, 4.69) is 17.0 Å². The molecule has 1 aliphatic rings. The molecule has 2 unspecified atom stereocenters. The van der Waals surface area contributed by atoms with Gasteiger partial charge < -0.3 is 4.74 Å². The Hall–Kier alpha value is -0.220. The lowest BCUT2D eigenvalue weighted by Crippen LogP contribution is -2.37. The van der Waals surface area contributed by atoms with Crippen molar-refractivity contribution in [1.29, 1.82) is 0 Å². The molecule has 0 bridgehead atoms. The highest BCUT2D eigenvalue weighted by molar-refractivity contribution is 8.00. The van der Waals surface area contributed by atoms with E-state index in [1.54, 1.807) is 11.8 Å². The lowest BCUT2D eigenvalue weighted by atomic mass is 10.3. The van der Waals surface area contributed by atoms with Gasteiger partial charge in [-0.1, -0.05) is 6.92 Å². The molecule has 1 heterocycles. The molecule has 2 atom stereocenters. The summed E-state index contributed by atoms with van der Waals surface area (Å²) >= 11 is 1.78. The number of nitrogens with one attached hydrogen (secondary N) is 1. The summed E-state index contributed by atoms with van der Waals surface area (Å²) in [5, 5.41) is 3.61. The molecule has 1 N–H and O–H groups in total. The van der Waals surface area contributed by atoms with Crippen LogP contribution in [0.2, 0.25) is 0 Å². The molecule has 0 aromatic rings. The largest absolute Gasteiger partial charge is 0.468 e. The van der Waals surface area contributed by atoms with E-state index in [-0.39, 0.29) is 12.0 Å². The molecule has 4 heteroatoms. The molecule has 11 heavy (non-hydrogen) atoms. The number of thioether (sulfide) groups is 1. The molecule has 1 saturated heterocycles. The van der Waals surface area contributed by atoms with Gasteiger partial charge in [-0.3, -0.25) is 10.1 Å². The maximum Gasteiger partial charge on any atom is 0.323 e. The zero-order valence-electron chi connectivity index (χ0n) is 6.79. The van der Waals surface area contributed by atoms with Gasteiger partial charge in [-0.05, 0) is 6.42 Å². The fraction of sp³-hybridized carbons (Fsp3) is 0.857. The molecule has 0 spiro atoms. The van der Waals surface area contributed by atoms with E-state index in [1.807, 2.05) is 0 Å². The third-order valence-electron chi connectivity index (χ3n) is 1.71. The molecular weight excluding hydrogens is 162 g/mol. The second-order valence-corrected chi connectivity index (χ2v) is 3.71. The molecule has 1 aliphatic heterocycles. The van der Waals surface area contributed by atoms with Crippen molar-refractivity contribution in [1.82, 2.24) is 5.32 Å². The molecule has 0 aromatic heterocycles. The number of rotatable bonds is 2. The van der Waals surface area contributed by atoms with Gasteiger partial charge in [-0.15, -0.1) is 11.8 Å². The first kappa shape index (κ1) is 8.87. The molecule has 0 saturated carbocycles. The van der Waals surface area contributed by atoms with E-state index >= 15 is 0 Å². The molecule has 0 amide bonds. The Bertz CT molecular complexity index is 151. The van der Waals surface area contributed by atoms with Crippen LogP contribution in [0.3, 0.4) is 0 Å². The maximum absolute atomic E-state index is 11.0. The quantitative estimate of drug-likeness (QED) is 0.624. The Morgan fingerprint density at radius 1 is 1.82 bits per heavy atom. The van der Waals surface area contributed by atoms with Gasteiger partial charge in [0.2, 0.25) is 0 Å². The molecule has 3 nitrogen and oxygen atoms in total. The number of carbonyl (C=O) groups excluding carboxylic acids is 1. The Kier molecular flexibility index (Phi) is 3.20. The van der Waals surface area contributed by atoms with Crippen LogP contribution in [0.25, 0.3) is 0 Å². The highest BCUT2D eigenvalue weighted by Crippen LogP contribution is 2.21. The Morgan fingerprint density at radius 2 is 2.55 bits per heavy atom. The van der Waals surface area contributed by atoms with Crippen LogP contribution in [0.15, 0.2) is 0 Å². The summed E-state index contributed by atoms with van der Waals surface area (Å²) in [6, 6.07) is -0.0880. The Morgan fingerprint density at radius 3 is 3.00 bits per heavy atom. The lowest BCUT2D eigenvalue weighted by molar-refractivity contribution is -0.142. The highest BCUT2D eigenvalue weighted by Gasteiger charge is 2.28. The van der Waals surface area contributed by atoms with Gasteiger partial charge in [-0.25, -0.2) is 0 Å². The van der Waals surface area contributed by atoms with E-state index < -0.39 is 0 Å². The van der Waals surface area contributed by atoms with Gasteiger partial charge in [0.05, 0.1) is 12.5 Å². The summed E-state index contributed by atoms with van der Waals surface area (Å²) in [4.78, 5) is 11.0. The molecule has 1 fully saturated rings. The fourth-order valence-electron chi connectivity index (χ4n) is 1.05. The smallest absolute Gasteiger partial charge is 0.323 e. The standard InChI is InChI=1S/C7H13NO2S/c1-3-6-8-5(4-11-6)7(9)10-2/h5-6,8H,3-4H2,1-2H3. The first-order valence-corrected chi connectivity index (χ1v) is 4.78. The normalized spacial score (nSPS) is 30.4. The molecule has 64 valence electrons. The predicted molar refractivity (Wildman–Crippen MR) is 45.5 cm³/mol. The average molecular weight is 175 g/mol. The zero-order valence-corrected chi connectivity index (χ0v) is 7.61. The van der Waals surface area contributed by atoms with Crippen LogP contribution >= 0.6 is 11.8 Å². The minimum Gasteiger partial charge on any atom is -0.468 e. The predicted octanol–water partition coefficient (Wildman–Crippen LogP) is 0.600. The van der Waals surface area contributed by atoms with Crippen molar-refractivity contribution in [3.63, 3.8) is 0 Å². The molecule has 0 aliphatic carbocycles. The van der Waals surface area contributed by atoms with E-state index in [4.69, 9.17) is 0 Å². The van der Waals surface area contributed by atoms with Crippen molar-refractivity contribution in [2.45, 2.75) is 24.8 Å². The van der Waals surface area contributed by atoms with Crippen LogP contribution in [-0.4, -0.2) is 30.2 Å². The van der Waals surface area contributed by atoms with Crippen molar-refractivity contribution in [3.8, 4) is 0 Å². The Balaban J connectivity index is 2.35. The summed E-state index contributed by atoms with van der Waals surface area (Å²) in [6.07, 6.45) is 1.05. The van der Waals surface area contributed by atoms with Crippen molar-refractivity contribution < 1.29 is 9.53 Å². The summed E-state index contributed by atoms with van der Waals surface area (Å²) in [6.45, 7) is 2.10. The number of hydrogen-bond acceptors (Lipinski definition) is 4. The highest BCUT2D eigenvalue weighted by atomic mass is 32.2. The van der Waals surface area contributed by atoms with Crippen LogP contribution in [0.4, 0.5) is 0 Å². The molecule has 0 radical (unpaired) electrons. The van der Waals surface area contributed by atoms with Crippen LogP contribution in [0.5, 0.6) is 0 Å². The van der Waals surface area contributed by atoms with Gasteiger partial charge in [0.15, 0.2) is 0 Å². The molecule has 0 aromatic carbocycles. The van der Waals surface area contributed by atoms with Crippen LogP contribution < -0.4 is 5.32 Å². The monoisotopic (exact) mass is 175 g/mol. The first-order valence-electron chi connectivity index (χ1n) is 3.73. The van der Waals surface area contributed by atoms with Crippen LogP contribution in [0.1, 0.15) is 13.3 Å². The summed E-state index contributed by atoms with van der Waals surface area (Å²) in [5.41, 5.74) is 0. The van der Waals surface area contributed by atoms with Gasteiger partial charge in [-0.2, -0.15) is 0 Å². The van der Waals surface area contributed by atoms with E-state index in [0.717, 1.165) is 12.2 Å². The van der Waals surface area contributed by atoms with Crippen molar-refractivity contribution in [2.24, 2.45) is 0 Å². The maximum atomic E-state index is 11.0. The van der Waals surface area contributed by atoms with Crippen molar-refractivity contribution in [2.75, 3.05) is 12.9 Å². The number of carbonyl (C=O) groups is 1. The second-order valence-electron chi connectivity index (χ2n) is 2.47. The van der Waals surface area contributed by atoms with Crippen LogP contribution in [-0.2, 0) is 9.53 Å². The van der Waals surface area contributed by atoms with Gasteiger partial charge in [0.1, 0.15) is 6.04 Å². The average Bonchev–Trinajstić information content (AvgIpc) is 2.50. The summed E-state index contributed by atoms with van der Waals surface area (Å²) in [7, 11) is 1.42. The van der Waals surface area contributed by atoms with Gasteiger partial charge in [0.25, 0.3) is 0 Å². The van der Waals surface area contributed by atoms with E-state index in [0.29, 0.717) is 5.37 Å². The van der Waals surface area contributed by atoms with Crippen molar-refractivity contribution in [3.05, 3.63) is 0 Å². The van der Waals surface area contributed by atoms with E-state index in [1.165, 1.54) is 7.11 Å². The number of hydrogen-bond donors (Lipinski definition) is 1. The first-order chi connectivity index (χ1) is 5.27. The van der Waals surface area contributed by atoms with E-state index in [9.17, 15) is 4.79 Å². The summed E-state index contributed by atoms with van der Waals surface area (Å²) < 4.78 is 4.61. The third kappa shape index (κ3) is 2.10. The number of methoxy groups -OCH3 is 1. The lowest BCUT2D eigenvalue weighted by Gasteiger charge is -2.08. The number of ether oxygens (including phenoxy) is 1. The zero-order chi connectivity index (χ0) is 8.27. The Labute approximate surface area is 70.9 Å². The number of esters is 1. The SMILES string of the molecule is CCC1NC(C(=O)OC)CS1. The van der Waals surface area contributed by atoms with Crippen molar-refractivity contribution >= 4 is 17.7 Å².